The summed E-state index contributed by atoms with van der Waals surface area (Å²) in [6.45, 7) is 7.39. The Morgan fingerprint density at radius 2 is 2.00 bits per heavy atom. The molecule has 174 valence electrons. The molecule has 0 fully saturated rings. The van der Waals surface area contributed by atoms with Crippen LogP contribution >= 0.6 is 0 Å². The molecule has 2 amide bonds. The number of anilines is 1. The van der Waals surface area contributed by atoms with Gasteiger partial charge in [-0.1, -0.05) is 13.8 Å². The largest absolute Gasteiger partial charge is 0.386 e. The zero-order valence-electron chi connectivity index (χ0n) is 19.4. The van der Waals surface area contributed by atoms with Crippen molar-refractivity contribution in [1.82, 2.24) is 4.98 Å². The Balaban J connectivity index is 1.74. The summed E-state index contributed by atoms with van der Waals surface area (Å²) in [6.07, 6.45) is 4.40. The number of hydrogen-bond acceptors (Lipinski definition) is 5. The van der Waals surface area contributed by atoms with Crippen LogP contribution in [0.5, 0.6) is 0 Å². The predicted molar refractivity (Wildman–Crippen MR) is 126 cm³/mol. The van der Waals surface area contributed by atoms with Crippen molar-refractivity contribution in [2.45, 2.75) is 75.7 Å². The molecular weight excluding hydrogens is 438 g/mol. The molecule has 0 spiro atoms. The molecule has 33 heavy (non-hydrogen) atoms. The van der Waals surface area contributed by atoms with Crippen molar-refractivity contribution >= 4 is 21.6 Å². The lowest BCUT2D eigenvalue weighted by Gasteiger charge is -2.20. The van der Waals surface area contributed by atoms with Gasteiger partial charge < -0.3 is 10.4 Å². The number of aliphatic hydroxyl groups is 1. The maximum absolute atomic E-state index is 13.3. The normalized spacial score (nSPS) is 18.1. The van der Waals surface area contributed by atoms with E-state index in [-0.39, 0.29) is 15.9 Å². The first kappa shape index (κ1) is 23.4. The smallest absolute Gasteiger partial charge is 0.354 e. The molecule has 4 N–H and O–H groups in total. The first-order chi connectivity index (χ1) is 15.3. The van der Waals surface area contributed by atoms with Gasteiger partial charge in [0.25, 0.3) is 0 Å². The second kappa shape index (κ2) is 7.90. The molecule has 0 radical (unpaired) electrons. The number of nitrogens with zero attached hydrogens (tertiary/aromatic N) is 3. The topological polar surface area (TPSA) is 141 Å². The zero-order valence-corrected chi connectivity index (χ0v) is 20.2. The molecule has 1 aromatic carbocycles. The van der Waals surface area contributed by atoms with Crippen LogP contribution in [0.1, 0.15) is 74.2 Å². The van der Waals surface area contributed by atoms with Crippen molar-refractivity contribution < 1.29 is 14.1 Å². The van der Waals surface area contributed by atoms with Crippen LogP contribution in [0.2, 0.25) is 0 Å². The number of benzene rings is 1. The molecule has 2 aromatic rings. The maximum atomic E-state index is 13.3. The molecule has 9 heteroatoms. The average Bonchev–Trinajstić information content (AvgIpc) is 3.31. The zero-order chi connectivity index (χ0) is 24.2. The van der Waals surface area contributed by atoms with E-state index in [0.29, 0.717) is 5.56 Å². The lowest BCUT2D eigenvalue weighted by molar-refractivity contribution is 0.0783. The molecule has 1 unspecified atom stereocenters. The number of fused-ring (bicyclic) bond motifs is 2. The van der Waals surface area contributed by atoms with Gasteiger partial charge in [-0.05, 0) is 80.8 Å². The molecule has 8 nitrogen and oxygen atoms in total. The summed E-state index contributed by atoms with van der Waals surface area (Å²) in [7, 11) is -3.66. The lowest BCUT2D eigenvalue weighted by atomic mass is 9.90. The van der Waals surface area contributed by atoms with Crippen LogP contribution in [0.4, 0.5) is 10.5 Å². The monoisotopic (exact) mass is 467 g/mol. The summed E-state index contributed by atoms with van der Waals surface area (Å²) >= 11 is 0. The van der Waals surface area contributed by atoms with Crippen molar-refractivity contribution in [3.8, 4) is 6.07 Å². The Morgan fingerprint density at radius 3 is 2.67 bits per heavy atom. The van der Waals surface area contributed by atoms with Gasteiger partial charge in [0.1, 0.15) is 9.92 Å². The first-order valence-corrected chi connectivity index (χ1v) is 12.6. The molecule has 1 aromatic heterocycles. The van der Waals surface area contributed by atoms with E-state index >= 15 is 0 Å². The molecule has 0 saturated heterocycles. The van der Waals surface area contributed by atoms with Crippen LogP contribution in [0.15, 0.2) is 27.5 Å². The summed E-state index contributed by atoms with van der Waals surface area (Å²) in [4.78, 5) is 17.9. The number of amides is 2. The Morgan fingerprint density at radius 1 is 1.27 bits per heavy atom. The second-order valence-corrected chi connectivity index (χ2v) is 11.8. The molecule has 0 saturated carbocycles. The van der Waals surface area contributed by atoms with E-state index in [1.54, 1.807) is 13.8 Å². The molecule has 1 heterocycles. The fourth-order valence-corrected chi connectivity index (χ4v) is 5.61. The third kappa shape index (κ3) is 4.38. The van der Waals surface area contributed by atoms with Crippen LogP contribution in [-0.2, 0) is 40.2 Å². The third-order valence-electron chi connectivity index (χ3n) is 6.50. The number of pyridine rings is 1. The fraction of sp³-hybridized carbons (Fsp3) is 0.458. The number of aryl methyl sites for hydroxylation is 1. The van der Waals surface area contributed by atoms with E-state index in [1.807, 2.05) is 6.07 Å². The Kier molecular flexibility index (Phi) is 5.60. The van der Waals surface area contributed by atoms with Gasteiger partial charge in [-0.15, -0.1) is 4.36 Å². The maximum Gasteiger partial charge on any atom is 0.354 e. The highest BCUT2D eigenvalue weighted by molar-refractivity contribution is 7.91. The van der Waals surface area contributed by atoms with E-state index in [1.165, 1.54) is 18.2 Å². The summed E-state index contributed by atoms with van der Waals surface area (Å²) < 4.78 is 17.1. The highest BCUT2D eigenvalue weighted by Gasteiger charge is 2.36. The second-order valence-electron chi connectivity index (χ2n) is 9.98. The van der Waals surface area contributed by atoms with Crippen molar-refractivity contribution in [3.05, 3.63) is 51.8 Å². The Labute approximate surface area is 194 Å². The quantitative estimate of drug-likeness (QED) is 0.629. The number of hydrogen-bond donors (Lipinski definition) is 3. The number of aromatic nitrogens is 1. The van der Waals surface area contributed by atoms with Crippen molar-refractivity contribution in [3.63, 3.8) is 0 Å². The van der Waals surface area contributed by atoms with Gasteiger partial charge in [0.2, 0.25) is 0 Å². The molecule has 0 aliphatic heterocycles. The molecule has 4 rings (SSSR count). The van der Waals surface area contributed by atoms with Gasteiger partial charge in [-0.25, -0.2) is 14.1 Å². The van der Waals surface area contributed by atoms with Crippen LogP contribution in [-0.4, -0.2) is 20.3 Å². The average molecular weight is 468 g/mol. The van der Waals surface area contributed by atoms with Crippen molar-refractivity contribution in [2.75, 3.05) is 5.32 Å². The van der Waals surface area contributed by atoms with E-state index in [0.717, 1.165) is 60.3 Å². The van der Waals surface area contributed by atoms with E-state index in [9.17, 15) is 19.4 Å². The third-order valence-corrected chi connectivity index (χ3v) is 7.84. The number of carbonyl (C=O) groups excluding carboxylic acids is 1. The minimum atomic E-state index is -3.66. The summed E-state index contributed by atoms with van der Waals surface area (Å²) in [5.41, 5.74) is 3.94. The number of nitrogens with two attached hydrogens (primary N) is 1. The molecule has 1 atom stereocenters. The summed E-state index contributed by atoms with van der Waals surface area (Å²) in [5.74, 6) is 0. The molecule has 2 aliphatic rings. The number of nitrogens with one attached hydrogen (secondary N) is 1. The van der Waals surface area contributed by atoms with E-state index in [2.05, 4.69) is 23.5 Å². The molecule has 2 aliphatic carbocycles. The minimum absolute atomic E-state index is 0.0140. The minimum Gasteiger partial charge on any atom is -0.386 e. The van der Waals surface area contributed by atoms with Crippen LogP contribution in [0, 0.1) is 11.3 Å². The lowest BCUT2D eigenvalue weighted by Crippen LogP contribution is -2.21. The standard InChI is InChI=1S/C24H29N5O3S/c1-23(2)9-8-18-20(17-6-5-7-19(17)27-21(18)23)28-22(30)29-33(26,32)16-11-14(13-25)10-15(12-16)24(3,4)31/h10-12,31H,5-9H2,1-4H3,(H3,26,27,28,29,30,32). The Hall–Kier alpha value is -2.80. The fourth-order valence-electron chi connectivity index (χ4n) is 4.62. The van der Waals surface area contributed by atoms with Crippen LogP contribution < -0.4 is 10.5 Å². The van der Waals surface area contributed by atoms with E-state index < -0.39 is 21.5 Å². The summed E-state index contributed by atoms with van der Waals surface area (Å²) in [5, 5.41) is 28.5. The molecular formula is C24H29N5O3S. The van der Waals surface area contributed by atoms with Gasteiger partial charge >= 0.3 is 6.03 Å². The predicted octanol–water partition coefficient (Wildman–Crippen LogP) is 3.83. The summed E-state index contributed by atoms with van der Waals surface area (Å²) in [6, 6.07) is 5.41. The SMILES string of the molecule is CC(C)(O)c1cc(C#N)cc(S(N)(=O)=NC(=O)Nc2c3c(nc4c2CCC4(C)C)CCC3)c1. The number of urea groups is 1. The highest BCUT2D eigenvalue weighted by Crippen LogP contribution is 2.44. The van der Waals surface area contributed by atoms with Crippen LogP contribution in [0.3, 0.4) is 0 Å². The number of rotatable bonds is 3. The number of carbonyl (C=O) groups is 1. The van der Waals surface area contributed by atoms with Crippen molar-refractivity contribution in [2.24, 2.45) is 9.50 Å². The van der Waals surface area contributed by atoms with Gasteiger partial charge in [-0.3, -0.25) is 4.98 Å². The van der Waals surface area contributed by atoms with Gasteiger partial charge in [-0.2, -0.15) is 5.26 Å². The first-order valence-electron chi connectivity index (χ1n) is 11.0. The molecule has 0 bridgehead atoms. The van der Waals surface area contributed by atoms with Crippen molar-refractivity contribution in [1.29, 1.82) is 5.26 Å². The van der Waals surface area contributed by atoms with Crippen LogP contribution in [0.25, 0.3) is 0 Å². The highest BCUT2D eigenvalue weighted by atomic mass is 32.2. The van der Waals surface area contributed by atoms with Gasteiger partial charge in [0, 0.05) is 11.1 Å². The number of nitriles is 1. The van der Waals surface area contributed by atoms with E-state index in [4.69, 9.17) is 10.1 Å². The Bertz CT molecular complexity index is 1330. The van der Waals surface area contributed by atoms with Gasteiger partial charge in [0.15, 0.2) is 0 Å². The van der Waals surface area contributed by atoms with Gasteiger partial charge in [0.05, 0.1) is 33.5 Å².